The van der Waals surface area contributed by atoms with Gasteiger partial charge >= 0.3 is 6.03 Å². The molecule has 1 atom stereocenters. The Kier molecular flexibility index (Phi) is 4.59. The van der Waals surface area contributed by atoms with Crippen molar-refractivity contribution in [3.8, 4) is 0 Å². The summed E-state index contributed by atoms with van der Waals surface area (Å²) >= 11 is 0. The van der Waals surface area contributed by atoms with E-state index in [0.717, 1.165) is 12.8 Å². The van der Waals surface area contributed by atoms with Gasteiger partial charge in [-0.3, -0.25) is 10.1 Å². The van der Waals surface area contributed by atoms with Gasteiger partial charge in [-0.1, -0.05) is 29.8 Å². The zero-order valence-electron chi connectivity index (χ0n) is 14.4. The van der Waals surface area contributed by atoms with Gasteiger partial charge in [-0.2, -0.15) is 0 Å². The minimum Gasteiger partial charge on any atom is -0.322 e. The third-order valence-electron chi connectivity index (χ3n) is 4.98. The molecule has 1 aromatic rings. The number of amides is 3. The highest BCUT2D eigenvalue weighted by molar-refractivity contribution is 7.89. The fourth-order valence-electron chi connectivity index (χ4n) is 3.44. The maximum Gasteiger partial charge on any atom is 0.322 e. The van der Waals surface area contributed by atoms with Crippen LogP contribution in [0.25, 0.3) is 0 Å². The van der Waals surface area contributed by atoms with Crippen molar-refractivity contribution in [2.75, 3.05) is 18.8 Å². The second kappa shape index (κ2) is 6.42. The Labute approximate surface area is 147 Å². The Morgan fingerprint density at radius 2 is 1.76 bits per heavy atom. The monoisotopic (exact) mass is 365 g/mol. The van der Waals surface area contributed by atoms with Gasteiger partial charge in [0.05, 0.1) is 5.75 Å². The summed E-state index contributed by atoms with van der Waals surface area (Å²) in [4.78, 5) is 23.2. The van der Waals surface area contributed by atoms with Crippen molar-refractivity contribution in [1.29, 1.82) is 0 Å². The van der Waals surface area contributed by atoms with E-state index < -0.39 is 33.3 Å². The summed E-state index contributed by atoms with van der Waals surface area (Å²) < 4.78 is 26.8. The molecule has 2 N–H and O–H groups in total. The molecule has 136 valence electrons. The zero-order chi connectivity index (χ0) is 18.2. The summed E-state index contributed by atoms with van der Waals surface area (Å²) in [5.41, 5.74) is 1.02. The van der Waals surface area contributed by atoms with Crippen LogP contribution in [0.2, 0.25) is 0 Å². The Morgan fingerprint density at radius 1 is 1.16 bits per heavy atom. The molecule has 25 heavy (non-hydrogen) atoms. The van der Waals surface area contributed by atoms with Crippen molar-refractivity contribution in [3.05, 3.63) is 35.4 Å². The Bertz CT molecular complexity index is 783. The number of piperidine rings is 1. The van der Waals surface area contributed by atoms with Crippen LogP contribution in [-0.2, 0) is 14.8 Å². The van der Waals surface area contributed by atoms with Crippen molar-refractivity contribution in [2.24, 2.45) is 0 Å². The van der Waals surface area contributed by atoms with Crippen LogP contribution in [0, 0.1) is 6.92 Å². The number of urea groups is 1. The molecule has 0 saturated carbocycles. The van der Waals surface area contributed by atoms with Crippen LogP contribution < -0.4 is 10.6 Å². The SMILES string of the molecule is Cc1ccc(C2CCN(S(=O)(=O)C[C@@]3(C)NC(=O)NC3=O)CC2)cc1. The number of benzene rings is 1. The number of aryl methyl sites for hydroxylation is 1. The fourth-order valence-corrected chi connectivity index (χ4v) is 5.33. The summed E-state index contributed by atoms with van der Waals surface area (Å²) in [5.74, 6) is -0.681. The second-order valence-corrected chi connectivity index (χ2v) is 9.05. The molecule has 0 unspecified atom stereocenters. The minimum absolute atomic E-state index is 0.345. The van der Waals surface area contributed by atoms with Gasteiger partial charge in [0.1, 0.15) is 5.54 Å². The number of sulfonamides is 1. The van der Waals surface area contributed by atoms with Gasteiger partial charge in [0.25, 0.3) is 5.91 Å². The van der Waals surface area contributed by atoms with E-state index in [2.05, 4.69) is 34.9 Å². The predicted molar refractivity (Wildman–Crippen MR) is 93.6 cm³/mol. The maximum atomic E-state index is 12.7. The molecule has 2 saturated heterocycles. The Morgan fingerprint density at radius 3 is 2.28 bits per heavy atom. The largest absolute Gasteiger partial charge is 0.322 e. The first-order chi connectivity index (χ1) is 11.7. The third kappa shape index (κ3) is 3.69. The predicted octanol–water partition coefficient (Wildman–Crippen LogP) is 1.10. The van der Waals surface area contributed by atoms with E-state index in [0.29, 0.717) is 19.0 Å². The average Bonchev–Trinajstić information content (AvgIpc) is 2.79. The molecule has 3 amide bonds. The number of imide groups is 1. The molecule has 0 spiro atoms. The molecule has 3 rings (SSSR count). The van der Waals surface area contributed by atoms with Crippen molar-refractivity contribution in [1.82, 2.24) is 14.9 Å². The highest BCUT2D eigenvalue weighted by Crippen LogP contribution is 2.30. The van der Waals surface area contributed by atoms with Gasteiger partial charge in [0.2, 0.25) is 10.0 Å². The molecular formula is C17H23N3O4S. The lowest BCUT2D eigenvalue weighted by Gasteiger charge is -2.33. The molecule has 0 bridgehead atoms. The first-order valence-electron chi connectivity index (χ1n) is 8.38. The molecule has 2 aliphatic heterocycles. The molecule has 1 aromatic carbocycles. The van der Waals surface area contributed by atoms with Gasteiger partial charge in [-0.05, 0) is 38.2 Å². The van der Waals surface area contributed by atoms with Crippen molar-refractivity contribution in [2.45, 2.75) is 38.1 Å². The highest BCUT2D eigenvalue weighted by Gasteiger charge is 2.46. The van der Waals surface area contributed by atoms with E-state index in [1.807, 2.05) is 6.92 Å². The normalized spacial score (nSPS) is 25.7. The molecule has 7 nitrogen and oxygen atoms in total. The number of nitrogens with one attached hydrogen (secondary N) is 2. The summed E-state index contributed by atoms with van der Waals surface area (Å²) in [7, 11) is -3.64. The topological polar surface area (TPSA) is 95.6 Å². The number of nitrogens with zero attached hydrogens (tertiary/aromatic N) is 1. The first-order valence-corrected chi connectivity index (χ1v) is 9.98. The standard InChI is InChI=1S/C17H23N3O4S/c1-12-3-5-13(6-4-12)14-7-9-20(10-8-14)25(23,24)11-17(2)15(21)18-16(22)19-17/h3-6,14H,7-11H2,1-2H3,(H2,18,19,21,22)/t17-/m1/s1. The maximum absolute atomic E-state index is 12.7. The molecule has 0 radical (unpaired) electrons. The van der Waals surface area contributed by atoms with Gasteiger partial charge < -0.3 is 5.32 Å². The Hall–Kier alpha value is -1.93. The minimum atomic E-state index is -3.64. The van der Waals surface area contributed by atoms with Gasteiger partial charge in [-0.15, -0.1) is 0 Å². The van der Waals surface area contributed by atoms with Crippen molar-refractivity contribution >= 4 is 22.0 Å². The van der Waals surface area contributed by atoms with E-state index >= 15 is 0 Å². The quantitative estimate of drug-likeness (QED) is 0.781. The highest BCUT2D eigenvalue weighted by atomic mass is 32.2. The van der Waals surface area contributed by atoms with Crippen LogP contribution in [0.15, 0.2) is 24.3 Å². The van der Waals surface area contributed by atoms with Crippen LogP contribution in [-0.4, -0.2) is 49.0 Å². The van der Waals surface area contributed by atoms with Crippen molar-refractivity contribution < 1.29 is 18.0 Å². The van der Waals surface area contributed by atoms with Crippen LogP contribution >= 0.6 is 0 Å². The van der Waals surface area contributed by atoms with E-state index in [-0.39, 0.29) is 0 Å². The van der Waals surface area contributed by atoms with Crippen LogP contribution in [0.4, 0.5) is 4.79 Å². The Balaban J connectivity index is 1.64. The lowest BCUT2D eigenvalue weighted by Crippen LogP contribution is -2.53. The molecule has 8 heteroatoms. The molecule has 0 aromatic heterocycles. The summed E-state index contributed by atoms with van der Waals surface area (Å²) in [5, 5.41) is 4.50. The lowest BCUT2D eigenvalue weighted by atomic mass is 9.90. The molecule has 0 aliphatic carbocycles. The van der Waals surface area contributed by atoms with Crippen LogP contribution in [0.3, 0.4) is 0 Å². The summed E-state index contributed by atoms with van der Waals surface area (Å²) in [6.45, 7) is 4.32. The average molecular weight is 365 g/mol. The second-order valence-electron chi connectivity index (χ2n) is 7.08. The molecular weight excluding hydrogens is 342 g/mol. The molecule has 2 fully saturated rings. The number of hydrogen-bond donors (Lipinski definition) is 2. The van der Waals surface area contributed by atoms with Gasteiger partial charge in [0.15, 0.2) is 0 Å². The lowest BCUT2D eigenvalue weighted by molar-refractivity contribution is -0.122. The van der Waals surface area contributed by atoms with Crippen molar-refractivity contribution in [3.63, 3.8) is 0 Å². The van der Waals surface area contributed by atoms with E-state index in [9.17, 15) is 18.0 Å². The zero-order valence-corrected chi connectivity index (χ0v) is 15.2. The van der Waals surface area contributed by atoms with E-state index in [4.69, 9.17) is 0 Å². The van der Waals surface area contributed by atoms with E-state index in [1.165, 1.54) is 22.4 Å². The van der Waals surface area contributed by atoms with Gasteiger partial charge in [0, 0.05) is 13.1 Å². The first kappa shape index (κ1) is 17.9. The van der Waals surface area contributed by atoms with Crippen LogP contribution in [0.1, 0.15) is 36.8 Å². The number of rotatable bonds is 4. The van der Waals surface area contributed by atoms with Crippen LogP contribution in [0.5, 0.6) is 0 Å². The fraction of sp³-hybridized carbons (Fsp3) is 0.529. The number of carbonyl (C=O) groups is 2. The number of carbonyl (C=O) groups excluding carboxylic acids is 2. The third-order valence-corrected chi connectivity index (χ3v) is 7.08. The molecule has 2 aliphatic rings. The van der Waals surface area contributed by atoms with Gasteiger partial charge in [-0.25, -0.2) is 17.5 Å². The number of hydrogen-bond acceptors (Lipinski definition) is 4. The smallest absolute Gasteiger partial charge is 0.322 e. The van der Waals surface area contributed by atoms with E-state index in [1.54, 1.807) is 0 Å². The molecule has 2 heterocycles. The summed E-state index contributed by atoms with van der Waals surface area (Å²) in [6.07, 6.45) is 1.50. The summed E-state index contributed by atoms with van der Waals surface area (Å²) in [6, 6.07) is 7.69.